The predicted molar refractivity (Wildman–Crippen MR) is 167 cm³/mol. The summed E-state index contributed by atoms with van der Waals surface area (Å²) in [5.74, 6) is -0.232. The van der Waals surface area contributed by atoms with E-state index in [4.69, 9.17) is 4.74 Å². The van der Waals surface area contributed by atoms with E-state index in [9.17, 15) is 18.0 Å². The Morgan fingerprint density at radius 1 is 1.05 bits per heavy atom. The molecule has 2 aromatic rings. The number of methoxy groups -OCH3 is 1. The summed E-state index contributed by atoms with van der Waals surface area (Å²) < 4.78 is 33.0. The van der Waals surface area contributed by atoms with Gasteiger partial charge in [0.15, 0.2) is 0 Å². The number of piperidine rings is 1. The SMILES string of the molecule is CCc1cc(OC)cc(C)c1S(=O)(=O)N(C)CC(=O)NCC(=O)N(C)Cc1ccc(N2CCCC(N(C)C)C2)cc1C. The zero-order valence-electron chi connectivity index (χ0n) is 26.4. The summed E-state index contributed by atoms with van der Waals surface area (Å²) in [5.41, 5.74) is 4.50. The number of anilines is 1. The van der Waals surface area contributed by atoms with E-state index in [-0.39, 0.29) is 17.3 Å². The van der Waals surface area contributed by atoms with Crippen LogP contribution in [0.2, 0.25) is 0 Å². The number of ether oxygens (including phenoxy) is 1. The number of carbonyl (C=O) groups excluding carboxylic acids is 2. The molecule has 1 fully saturated rings. The molecule has 10 nitrogen and oxygen atoms in total. The van der Waals surface area contributed by atoms with Crippen LogP contribution in [0.25, 0.3) is 0 Å². The lowest BCUT2D eigenvalue weighted by atomic mass is 10.0. The van der Waals surface area contributed by atoms with Crippen molar-refractivity contribution in [3.8, 4) is 5.75 Å². The Balaban J connectivity index is 1.56. The van der Waals surface area contributed by atoms with Crippen LogP contribution < -0.4 is 15.0 Å². The Kier molecular flexibility index (Phi) is 11.4. The molecule has 0 bridgehead atoms. The van der Waals surface area contributed by atoms with Gasteiger partial charge in [-0.2, -0.15) is 4.31 Å². The Hall–Kier alpha value is -3.15. The molecule has 2 amide bonds. The molecule has 0 aliphatic carbocycles. The lowest BCUT2D eigenvalue weighted by Crippen LogP contribution is -2.45. The molecule has 1 N–H and O–H groups in total. The number of likely N-dealkylation sites (N-methyl/N-ethyl adjacent to an activating group) is 3. The second kappa shape index (κ2) is 14.3. The Labute approximate surface area is 251 Å². The Morgan fingerprint density at radius 2 is 1.76 bits per heavy atom. The first-order valence-electron chi connectivity index (χ1n) is 14.4. The van der Waals surface area contributed by atoms with E-state index in [0.29, 0.717) is 35.9 Å². The second-order valence-corrected chi connectivity index (χ2v) is 13.4. The molecule has 1 heterocycles. The average Bonchev–Trinajstić information content (AvgIpc) is 2.95. The van der Waals surface area contributed by atoms with Crippen molar-refractivity contribution in [1.29, 1.82) is 0 Å². The standard InChI is InChI=1S/C31H47N5O5S/c1-9-24-17-28(41-8)16-23(3)31(24)42(39,40)35(7)21-29(37)32-18-30(38)34(6)19-25-12-13-26(15-22(25)2)36-14-10-11-27(20-36)33(4)5/h12-13,15-17,27H,9-11,14,18-21H2,1-8H3,(H,32,37). The molecule has 1 aliphatic rings. The molecule has 0 aromatic heterocycles. The number of hydrogen-bond donors (Lipinski definition) is 1. The lowest BCUT2D eigenvalue weighted by molar-refractivity contribution is -0.132. The summed E-state index contributed by atoms with van der Waals surface area (Å²) in [5, 5.41) is 2.58. The van der Waals surface area contributed by atoms with Crippen LogP contribution >= 0.6 is 0 Å². The van der Waals surface area contributed by atoms with E-state index >= 15 is 0 Å². The zero-order chi connectivity index (χ0) is 31.2. The fourth-order valence-corrected chi connectivity index (χ4v) is 6.98. The van der Waals surface area contributed by atoms with Crippen LogP contribution in [0.5, 0.6) is 5.75 Å². The van der Waals surface area contributed by atoms with Gasteiger partial charge in [-0.05, 0) is 93.7 Å². The minimum Gasteiger partial charge on any atom is -0.497 e. The average molecular weight is 602 g/mol. The maximum absolute atomic E-state index is 13.3. The summed E-state index contributed by atoms with van der Waals surface area (Å²) in [6.45, 7) is 7.45. The number of amides is 2. The number of hydrogen-bond acceptors (Lipinski definition) is 7. The van der Waals surface area contributed by atoms with Gasteiger partial charge in [-0.1, -0.05) is 13.0 Å². The number of sulfonamides is 1. The Morgan fingerprint density at radius 3 is 2.38 bits per heavy atom. The number of rotatable bonds is 12. The zero-order valence-corrected chi connectivity index (χ0v) is 27.2. The van der Waals surface area contributed by atoms with Gasteiger partial charge in [-0.3, -0.25) is 9.59 Å². The molecule has 232 valence electrons. The van der Waals surface area contributed by atoms with Crippen molar-refractivity contribution in [3.05, 3.63) is 52.6 Å². The third-order valence-corrected chi connectivity index (χ3v) is 10.1. The van der Waals surface area contributed by atoms with Crippen LogP contribution in [-0.4, -0.2) is 102 Å². The number of benzene rings is 2. The van der Waals surface area contributed by atoms with Crippen molar-refractivity contribution in [2.75, 3.05) is 66.4 Å². The molecule has 1 saturated heterocycles. The molecular weight excluding hydrogens is 554 g/mol. The number of aryl methyl sites for hydroxylation is 3. The highest BCUT2D eigenvalue weighted by molar-refractivity contribution is 7.89. The van der Waals surface area contributed by atoms with Gasteiger partial charge in [0, 0.05) is 45.5 Å². The van der Waals surface area contributed by atoms with E-state index in [1.807, 2.05) is 6.92 Å². The van der Waals surface area contributed by atoms with Gasteiger partial charge >= 0.3 is 0 Å². The fourth-order valence-electron chi connectivity index (χ4n) is 5.38. The van der Waals surface area contributed by atoms with Crippen molar-refractivity contribution in [1.82, 2.24) is 19.4 Å². The summed E-state index contributed by atoms with van der Waals surface area (Å²) in [6, 6.07) is 10.3. The summed E-state index contributed by atoms with van der Waals surface area (Å²) >= 11 is 0. The Bertz CT molecular complexity index is 1380. The minimum atomic E-state index is -3.94. The van der Waals surface area contributed by atoms with Crippen molar-refractivity contribution in [2.45, 2.75) is 57.5 Å². The quantitative estimate of drug-likeness (QED) is 0.399. The van der Waals surface area contributed by atoms with Gasteiger partial charge in [-0.15, -0.1) is 0 Å². The first-order valence-corrected chi connectivity index (χ1v) is 15.9. The van der Waals surface area contributed by atoms with E-state index in [2.05, 4.69) is 54.3 Å². The largest absolute Gasteiger partial charge is 0.497 e. The first-order chi connectivity index (χ1) is 19.8. The summed E-state index contributed by atoms with van der Waals surface area (Å²) in [7, 11) is 4.92. The van der Waals surface area contributed by atoms with Gasteiger partial charge in [0.2, 0.25) is 21.8 Å². The van der Waals surface area contributed by atoms with Gasteiger partial charge in [0.1, 0.15) is 5.75 Å². The minimum absolute atomic E-state index is 0.177. The van der Waals surface area contributed by atoms with Crippen LogP contribution in [0.4, 0.5) is 5.69 Å². The van der Waals surface area contributed by atoms with Gasteiger partial charge in [0.05, 0.1) is 25.1 Å². The van der Waals surface area contributed by atoms with E-state index < -0.39 is 22.5 Å². The molecule has 0 radical (unpaired) electrons. The maximum atomic E-state index is 13.3. The molecule has 3 rings (SSSR count). The predicted octanol–water partition coefficient (Wildman–Crippen LogP) is 2.80. The third-order valence-electron chi connectivity index (χ3n) is 8.06. The smallest absolute Gasteiger partial charge is 0.243 e. The molecule has 2 aromatic carbocycles. The van der Waals surface area contributed by atoms with Gasteiger partial charge < -0.3 is 24.8 Å². The van der Waals surface area contributed by atoms with Gasteiger partial charge in [-0.25, -0.2) is 8.42 Å². The lowest BCUT2D eigenvalue weighted by Gasteiger charge is -2.37. The van der Waals surface area contributed by atoms with Crippen LogP contribution in [0.15, 0.2) is 35.2 Å². The van der Waals surface area contributed by atoms with Crippen LogP contribution in [0.1, 0.15) is 42.0 Å². The molecule has 1 aliphatic heterocycles. The van der Waals surface area contributed by atoms with Crippen LogP contribution in [-0.2, 0) is 32.6 Å². The molecular formula is C31H47N5O5S. The fraction of sp³-hybridized carbons (Fsp3) is 0.548. The molecule has 11 heteroatoms. The van der Waals surface area contributed by atoms with E-state index in [0.717, 1.165) is 34.9 Å². The highest BCUT2D eigenvalue weighted by atomic mass is 32.2. The summed E-state index contributed by atoms with van der Waals surface area (Å²) in [6.07, 6.45) is 2.86. The van der Waals surface area contributed by atoms with E-state index in [1.165, 1.54) is 26.3 Å². The number of nitrogens with one attached hydrogen (secondary N) is 1. The molecule has 42 heavy (non-hydrogen) atoms. The molecule has 1 atom stereocenters. The van der Waals surface area contributed by atoms with Crippen molar-refractivity contribution in [2.24, 2.45) is 0 Å². The molecule has 0 spiro atoms. The second-order valence-electron chi connectivity index (χ2n) is 11.4. The molecule has 1 unspecified atom stereocenters. The molecule has 0 saturated carbocycles. The first kappa shape index (κ1) is 33.4. The summed E-state index contributed by atoms with van der Waals surface area (Å²) in [4.78, 5) is 31.9. The topological polar surface area (TPSA) is 102 Å². The highest BCUT2D eigenvalue weighted by Gasteiger charge is 2.28. The van der Waals surface area contributed by atoms with Crippen LogP contribution in [0.3, 0.4) is 0 Å². The highest BCUT2D eigenvalue weighted by Crippen LogP contribution is 2.29. The third kappa shape index (κ3) is 8.02. The number of carbonyl (C=O) groups is 2. The number of nitrogens with zero attached hydrogens (tertiary/aromatic N) is 4. The van der Waals surface area contributed by atoms with Crippen molar-refractivity contribution in [3.63, 3.8) is 0 Å². The monoisotopic (exact) mass is 601 g/mol. The normalized spacial score (nSPS) is 15.7. The van der Waals surface area contributed by atoms with Crippen LogP contribution in [0, 0.1) is 13.8 Å². The maximum Gasteiger partial charge on any atom is 0.243 e. The van der Waals surface area contributed by atoms with Crippen molar-refractivity contribution >= 4 is 27.5 Å². The van der Waals surface area contributed by atoms with Crippen molar-refractivity contribution < 1.29 is 22.7 Å². The van der Waals surface area contributed by atoms with Gasteiger partial charge in [0.25, 0.3) is 0 Å². The van der Waals surface area contributed by atoms with E-state index in [1.54, 1.807) is 31.0 Å².